The molecule has 0 unspecified atom stereocenters. The fourth-order valence-electron chi connectivity index (χ4n) is 1.03. The van der Waals surface area contributed by atoms with Gasteiger partial charge in [0, 0.05) is 16.2 Å². The second kappa shape index (κ2) is 5.41. The zero-order valence-electron chi connectivity index (χ0n) is 8.26. The van der Waals surface area contributed by atoms with E-state index in [2.05, 4.69) is 5.32 Å². The average molecular weight is 322 g/mol. The Labute approximate surface area is 101 Å². The van der Waals surface area contributed by atoms with Crippen LogP contribution >= 0.6 is 22.6 Å². The van der Waals surface area contributed by atoms with Gasteiger partial charge in [0.25, 0.3) is 5.91 Å². The lowest BCUT2D eigenvalue weighted by Crippen LogP contribution is -2.38. The van der Waals surface area contributed by atoms with Crippen LogP contribution in [0.25, 0.3) is 0 Å². The number of hydrogen-bond acceptors (Lipinski definition) is 2. The molecule has 0 saturated heterocycles. The van der Waals surface area contributed by atoms with Crippen LogP contribution in [0.2, 0.25) is 0 Å². The quantitative estimate of drug-likeness (QED) is 0.829. The highest BCUT2D eigenvalue weighted by Crippen LogP contribution is 2.13. The minimum absolute atomic E-state index is 0.0849. The first-order chi connectivity index (χ1) is 7.04. The van der Waals surface area contributed by atoms with Gasteiger partial charge in [-0.1, -0.05) is 0 Å². The van der Waals surface area contributed by atoms with Crippen LogP contribution in [-0.4, -0.2) is 18.5 Å². The molecule has 0 heterocycles. The normalized spacial score (nSPS) is 12.3. The van der Waals surface area contributed by atoms with Gasteiger partial charge in [0.1, 0.15) is 5.82 Å². The minimum Gasteiger partial charge on any atom is -0.348 e. The number of carbonyl (C=O) groups excluding carboxylic acids is 1. The maximum Gasteiger partial charge on any atom is 0.252 e. The van der Waals surface area contributed by atoms with Crippen molar-refractivity contribution in [3.8, 4) is 0 Å². The van der Waals surface area contributed by atoms with Crippen LogP contribution in [0.1, 0.15) is 17.3 Å². The van der Waals surface area contributed by atoms with Gasteiger partial charge in [-0.2, -0.15) is 0 Å². The summed E-state index contributed by atoms with van der Waals surface area (Å²) in [6.45, 7) is 2.19. The third-order valence-corrected chi connectivity index (χ3v) is 2.80. The molecule has 1 atom stereocenters. The maximum atomic E-state index is 12.8. The van der Waals surface area contributed by atoms with Crippen molar-refractivity contribution in [3.63, 3.8) is 0 Å². The van der Waals surface area contributed by atoms with Crippen LogP contribution in [-0.2, 0) is 0 Å². The molecular formula is C10H12FIN2O. The summed E-state index contributed by atoms with van der Waals surface area (Å²) in [5.74, 6) is -0.569. The molecule has 0 bridgehead atoms. The van der Waals surface area contributed by atoms with E-state index in [1.54, 1.807) is 0 Å². The van der Waals surface area contributed by atoms with Crippen molar-refractivity contribution < 1.29 is 9.18 Å². The minimum atomic E-state index is -0.345. The Kier molecular flexibility index (Phi) is 4.46. The second-order valence-corrected chi connectivity index (χ2v) is 4.40. The van der Waals surface area contributed by atoms with E-state index in [4.69, 9.17) is 5.73 Å². The fourth-order valence-corrected chi connectivity index (χ4v) is 1.76. The van der Waals surface area contributed by atoms with Crippen LogP contribution in [0, 0.1) is 9.39 Å². The van der Waals surface area contributed by atoms with E-state index in [-0.39, 0.29) is 17.8 Å². The number of benzene rings is 1. The van der Waals surface area contributed by atoms with Crippen molar-refractivity contribution >= 4 is 28.5 Å². The van der Waals surface area contributed by atoms with Gasteiger partial charge in [-0.15, -0.1) is 0 Å². The van der Waals surface area contributed by atoms with E-state index < -0.39 is 0 Å². The standard InChI is InChI=1S/C10H12FIN2O/c1-6(5-13)14-10(15)8-3-2-7(11)4-9(8)12/h2-4,6H,5,13H2,1H3,(H,14,15)/t6-/m1/s1. The number of nitrogens with two attached hydrogens (primary N) is 1. The first-order valence-corrected chi connectivity index (χ1v) is 5.58. The van der Waals surface area contributed by atoms with E-state index in [1.807, 2.05) is 29.5 Å². The molecule has 1 amide bonds. The molecule has 0 aliphatic carbocycles. The summed E-state index contributed by atoms with van der Waals surface area (Å²) >= 11 is 1.93. The molecular weight excluding hydrogens is 310 g/mol. The summed E-state index contributed by atoms with van der Waals surface area (Å²) in [6.07, 6.45) is 0. The predicted molar refractivity (Wildman–Crippen MR) is 65.1 cm³/mol. The third kappa shape index (κ3) is 3.42. The molecule has 3 nitrogen and oxygen atoms in total. The molecule has 0 saturated carbocycles. The Morgan fingerprint density at radius 2 is 2.33 bits per heavy atom. The van der Waals surface area contributed by atoms with Gasteiger partial charge >= 0.3 is 0 Å². The second-order valence-electron chi connectivity index (χ2n) is 3.23. The Bertz CT molecular complexity index is 370. The lowest BCUT2D eigenvalue weighted by molar-refractivity contribution is 0.0940. The van der Waals surface area contributed by atoms with Crippen molar-refractivity contribution in [2.24, 2.45) is 5.73 Å². The molecule has 1 rings (SSSR count). The van der Waals surface area contributed by atoms with E-state index in [9.17, 15) is 9.18 Å². The molecule has 82 valence electrons. The zero-order valence-corrected chi connectivity index (χ0v) is 10.4. The molecule has 0 radical (unpaired) electrons. The van der Waals surface area contributed by atoms with Crippen molar-refractivity contribution in [2.75, 3.05) is 6.54 Å². The van der Waals surface area contributed by atoms with E-state index in [0.717, 1.165) is 0 Å². The number of rotatable bonds is 3. The average Bonchev–Trinajstić information content (AvgIpc) is 2.17. The summed E-state index contributed by atoms with van der Waals surface area (Å²) in [5, 5.41) is 2.71. The first-order valence-electron chi connectivity index (χ1n) is 4.50. The highest BCUT2D eigenvalue weighted by atomic mass is 127. The molecule has 1 aromatic rings. The molecule has 0 aromatic heterocycles. The summed E-state index contributed by atoms with van der Waals surface area (Å²) in [7, 11) is 0. The molecule has 0 spiro atoms. The molecule has 0 fully saturated rings. The van der Waals surface area contributed by atoms with Gasteiger partial charge in [-0.05, 0) is 47.7 Å². The maximum absolute atomic E-state index is 12.8. The highest BCUT2D eigenvalue weighted by molar-refractivity contribution is 14.1. The van der Waals surface area contributed by atoms with Crippen molar-refractivity contribution in [3.05, 3.63) is 33.1 Å². The van der Waals surface area contributed by atoms with Crippen LogP contribution in [0.4, 0.5) is 4.39 Å². The number of nitrogens with one attached hydrogen (secondary N) is 1. The smallest absolute Gasteiger partial charge is 0.252 e. The largest absolute Gasteiger partial charge is 0.348 e. The molecule has 0 aliphatic heterocycles. The summed E-state index contributed by atoms with van der Waals surface area (Å²) in [6, 6.07) is 3.97. The van der Waals surface area contributed by atoms with E-state index in [0.29, 0.717) is 15.7 Å². The van der Waals surface area contributed by atoms with Crippen LogP contribution in [0.3, 0.4) is 0 Å². The van der Waals surface area contributed by atoms with Gasteiger partial charge < -0.3 is 11.1 Å². The van der Waals surface area contributed by atoms with Crippen molar-refractivity contribution in [2.45, 2.75) is 13.0 Å². The molecule has 3 N–H and O–H groups in total. The van der Waals surface area contributed by atoms with Gasteiger partial charge in [0.2, 0.25) is 0 Å². The lowest BCUT2D eigenvalue weighted by atomic mass is 10.2. The van der Waals surface area contributed by atoms with Crippen LogP contribution in [0.15, 0.2) is 18.2 Å². The zero-order chi connectivity index (χ0) is 11.4. The highest BCUT2D eigenvalue weighted by Gasteiger charge is 2.12. The van der Waals surface area contributed by atoms with E-state index in [1.165, 1.54) is 18.2 Å². The monoisotopic (exact) mass is 322 g/mol. The SMILES string of the molecule is C[C@H](CN)NC(=O)c1ccc(F)cc1I. The number of halogens is 2. The fraction of sp³-hybridized carbons (Fsp3) is 0.300. The summed E-state index contributed by atoms with van der Waals surface area (Å²) in [5.41, 5.74) is 5.85. The Balaban J connectivity index is 2.82. The third-order valence-electron chi connectivity index (χ3n) is 1.91. The van der Waals surface area contributed by atoms with Gasteiger partial charge in [0.15, 0.2) is 0 Å². The Morgan fingerprint density at radius 3 is 2.87 bits per heavy atom. The van der Waals surface area contributed by atoms with Crippen molar-refractivity contribution in [1.29, 1.82) is 0 Å². The summed E-state index contributed by atoms with van der Waals surface area (Å²) in [4.78, 5) is 11.7. The Hall–Kier alpha value is -0.690. The lowest BCUT2D eigenvalue weighted by Gasteiger charge is -2.12. The Morgan fingerprint density at radius 1 is 1.67 bits per heavy atom. The van der Waals surface area contributed by atoms with E-state index >= 15 is 0 Å². The first kappa shape index (κ1) is 12.4. The predicted octanol–water partition coefficient (Wildman–Crippen LogP) is 1.51. The molecule has 1 aromatic carbocycles. The topological polar surface area (TPSA) is 55.1 Å². The number of amides is 1. The molecule has 15 heavy (non-hydrogen) atoms. The van der Waals surface area contributed by atoms with Gasteiger partial charge in [-0.3, -0.25) is 4.79 Å². The molecule has 5 heteroatoms. The summed E-state index contributed by atoms with van der Waals surface area (Å²) < 4.78 is 13.4. The number of hydrogen-bond donors (Lipinski definition) is 2. The van der Waals surface area contributed by atoms with Crippen LogP contribution < -0.4 is 11.1 Å². The van der Waals surface area contributed by atoms with Crippen LogP contribution in [0.5, 0.6) is 0 Å². The van der Waals surface area contributed by atoms with Crippen molar-refractivity contribution in [1.82, 2.24) is 5.32 Å². The number of carbonyl (C=O) groups is 1. The molecule has 0 aliphatic rings. The van der Waals surface area contributed by atoms with Gasteiger partial charge in [-0.25, -0.2) is 4.39 Å². The van der Waals surface area contributed by atoms with Gasteiger partial charge in [0.05, 0.1) is 5.56 Å².